The quantitative estimate of drug-likeness (QED) is 0.819. The first-order valence-corrected chi connectivity index (χ1v) is 7.80. The van der Waals surface area contributed by atoms with E-state index in [4.69, 9.17) is 4.74 Å². The highest BCUT2D eigenvalue weighted by molar-refractivity contribution is 5.78. The number of ether oxygens (including phenoxy) is 1. The molecule has 0 aromatic carbocycles. The number of hydrogen-bond donors (Lipinski definition) is 0. The van der Waals surface area contributed by atoms with Crippen molar-refractivity contribution in [2.45, 2.75) is 38.4 Å². The molecule has 1 aromatic rings. The monoisotopic (exact) mass is 289 g/mol. The molecule has 5 nitrogen and oxygen atoms in total. The number of hydrogen-bond acceptors (Lipinski definition) is 4. The maximum absolute atomic E-state index is 12.2. The number of nitrogens with zero attached hydrogens (tertiary/aromatic N) is 3. The van der Waals surface area contributed by atoms with Gasteiger partial charge in [-0.25, -0.2) is 0 Å². The van der Waals surface area contributed by atoms with Crippen molar-refractivity contribution in [2.24, 2.45) is 0 Å². The molecule has 0 spiro atoms. The molecule has 5 heteroatoms. The van der Waals surface area contributed by atoms with Crippen molar-refractivity contribution in [1.29, 1.82) is 0 Å². The summed E-state index contributed by atoms with van der Waals surface area (Å²) in [5, 5.41) is 0. The predicted octanol–water partition coefficient (Wildman–Crippen LogP) is 1.29. The van der Waals surface area contributed by atoms with Gasteiger partial charge >= 0.3 is 0 Å². The smallest absolute Gasteiger partial charge is 0.248 e. The first kappa shape index (κ1) is 14.5. The van der Waals surface area contributed by atoms with Crippen molar-refractivity contribution < 1.29 is 9.53 Å². The first-order chi connectivity index (χ1) is 10.3. The normalized spacial score (nSPS) is 25.3. The van der Waals surface area contributed by atoms with E-state index in [2.05, 4.69) is 16.0 Å². The lowest BCUT2D eigenvalue weighted by atomic mass is 10.1. The zero-order valence-corrected chi connectivity index (χ0v) is 12.6. The van der Waals surface area contributed by atoms with Gasteiger partial charge in [-0.2, -0.15) is 0 Å². The fraction of sp³-hybridized carbons (Fsp3) is 0.625. The van der Waals surface area contributed by atoms with E-state index in [1.165, 1.54) is 0 Å². The standard InChI is InChI=1S/C16H23N3O2/c1-2-21-12-16(20)19-10-7-14-15(19)6-9-18(14)11-13-5-3-4-8-17-13/h3-5,8,14-15H,2,6-7,9-12H2,1H3/t14-,15+/m1/s1. The number of fused-ring (bicyclic) bond motifs is 1. The molecule has 0 bridgehead atoms. The lowest BCUT2D eigenvalue weighted by Crippen LogP contribution is -2.41. The molecule has 2 saturated heterocycles. The minimum Gasteiger partial charge on any atom is -0.372 e. The third kappa shape index (κ3) is 3.09. The zero-order valence-electron chi connectivity index (χ0n) is 12.6. The summed E-state index contributed by atoms with van der Waals surface area (Å²) < 4.78 is 5.26. The van der Waals surface area contributed by atoms with Gasteiger partial charge in [0.25, 0.3) is 0 Å². The first-order valence-electron chi connectivity index (χ1n) is 7.80. The Hall–Kier alpha value is -1.46. The Bertz CT molecular complexity index is 480. The van der Waals surface area contributed by atoms with Crippen LogP contribution < -0.4 is 0 Å². The molecule has 2 atom stereocenters. The van der Waals surface area contributed by atoms with Gasteiger partial charge in [0.15, 0.2) is 0 Å². The number of carbonyl (C=O) groups is 1. The van der Waals surface area contributed by atoms with Gasteiger partial charge in [0.2, 0.25) is 5.91 Å². The highest BCUT2D eigenvalue weighted by atomic mass is 16.5. The van der Waals surface area contributed by atoms with E-state index in [1.807, 2.05) is 30.2 Å². The molecule has 0 aliphatic carbocycles. The summed E-state index contributed by atoms with van der Waals surface area (Å²) in [7, 11) is 0. The molecular weight excluding hydrogens is 266 g/mol. The Morgan fingerprint density at radius 3 is 2.95 bits per heavy atom. The van der Waals surface area contributed by atoms with Crippen LogP contribution in [0.4, 0.5) is 0 Å². The second-order valence-corrected chi connectivity index (χ2v) is 5.73. The van der Waals surface area contributed by atoms with Crippen molar-refractivity contribution in [3.05, 3.63) is 30.1 Å². The second kappa shape index (κ2) is 6.54. The van der Waals surface area contributed by atoms with Gasteiger partial charge < -0.3 is 9.64 Å². The Labute approximate surface area is 125 Å². The molecule has 1 amide bonds. The molecule has 2 fully saturated rings. The molecule has 0 radical (unpaired) electrons. The summed E-state index contributed by atoms with van der Waals surface area (Å²) in [6, 6.07) is 6.89. The Balaban J connectivity index is 1.60. The van der Waals surface area contributed by atoms with Crippen LogP contribution in [0.5, 0.6) is 0 Å². The van der Waals surface area contributed by atoms with Crippen molar-refractivity contribution in [3.63, 3.8) is 0 Å². The van der Waals surface area contributed by atoms with Crippen molar-refractivity contribution in [3.8, 4) is 0 Å². The van der Waals surface area contributed by atoms with Gasteiger partial charge in [-0.1, -0.05) is 6.07 Å². The maximum Gasteiger partial charge on any atom is 0.248 e. The number of rotatable bonds is 5. The molecule has 2 aliphatic rings. The van der Waals surface area contributed by atoms with Crippen LogP contribution in [0, 0.1) is 0 Å². The summed E-state index contributed by atoms with van der Waals surface area (Å²) in [4.78, 5) is 21.1. The molecule has 21 heavy (non-hydrogen) atoms. The van der Waals surface area contributed by atoms with E-state index < -0.39 is 0 Å². The summed E-state index contributed by atoms with van der Waals surface area (Å²) in [5.41, 5.74) is 1.11. The average Bonchev–Trinajstić information content (AvgIpc) is 3.09. The van der Waals surface area contributed by atoms with Crippen molar-refractivity contribution >= 4 is 5.91 Å². The van der Waals surface area contributed by atoms with Gasteiger partial charge in [0, 0.05) is 44.5 Å². The summed E-state index contributed by atoms with van der Waals surface area (Å²) in [5.74, 6) is 0.143. The molecule has 1 aromatic heterocycles. The van der Waals surface area contributed by atoms with Crippen LogP contribution in [0.2, 0.25) is 0 Å². The lowest BCUT2D eigenvalue weighted by molar-refractivity contribution is -0.136. The Morgan fingerprint density at radius 2 is 2.19 bits per heavy atom. The van der Waals surface area contributed by atoms with Crippen molar-refractivity contribution in [1.82, 2.24) is 14.8 Å². The summed E-state index contributed by atoms with van der Waals surface area (Å²) in [6.07, 6.45) is 3.97. The van der Waals surface area contributed by atoms with Crippen LogP contribution in [-0.4, -0.2) is 59.1 Å². The Kier molecular flexibility index (Phi) is 4.51. The minimum atomic E-state index is 0.143. The average molecular weight is 289 g/mol. The Morgan fingerprint density at radius 1 is 1.33 bits per heavy atom. The highest BCUT2D eigenvalue weighted by Crippen LogP contribution is 2.32. The van der Waals surface area contributed by atoms with Crippen LogP contribution in [0.1, 0.15) is 25.5 Å². The number of likely N-dealkylation sites (tertiary alicyclic amines) is 2. The number of carbonyl (C=O) groups excluding carboxylic acids is 1. The third-order valence-electron chi connectivity index (χ3n) is 4.53. The lowest BCUT2D eigenvalue weighted by Gasteiger charge is -2.25. The van der Waals surface area contributed by atoms with E-state index in [1.54, 1.807) is 0 Å². The molecule has 114 valence electrons. The molecule has 0 saturated carbocycles. The maximum atomic E-state index is 12.2. The van der Waals surface area contributed by atoms with Gasteiger partial charge in [0.1, 0.15) is 6.61 Å². The molecular formula is C16H23N3O2. The molecule has 0 unspecified atom stereocenters. The summed E-state index contributed by atoms with van der Waals surface area (Å²) in [6.45, 7) is 5.53. The van der Waals surface area contributed by atoms with Crippen LogP contribution in [-0.2, 0) is 16.1 Å². The van der Waals surface area contributed by atoms with E-state index >= 15 is 0 Å². The van der Waals surface area contributed by atoms with Crippen LogP contribution in [0.25, 0.3) is 0 Å². The van der Waals surface area contributed by atoms with Gasteiger partial charge in [-0.15, -0.1) is 0 Å². The van der Waals surface area contributed by atoms with E-state index in [0.29, 0.717) is 18.7 Å². The largest absolute Gasteiger partial charge is 0.372 e. The number of amides is 1. The van der Waals surface area contributed by atoms with Gasteiger partial charge in [-0.3, -0.25) is 14.7 Å². The zero-order chi connectivity index (χ0) is 14.7. The predicted molar refractivity (Wildman–Crippen MR) is 79.7 cm³/mol. The minimum absolute atomic E-state index is 0.143. The van der Waals surface area contributed by atoms with Crippen molar-refractivity contribution in [2.75, 3.05) is 26.3 Å². The SMILES string of the molecule is CCOCC(=O)N1CC[C@@H]2[C@@H]1CCN2Cc1ccccn1. The second-order valence-electron chi connectivity index (χ2n) is 5.73. The third-order valence-corrected chi connectivity index (χ3v) is 4.53. The van der Waals surface area contributed by atoms with Crippen LogP contribution >= 0.6 is 0 Å². The fourth-order valence-corrected chi connectivity index (χ4v) is 3.55. The number of aromatic nitrogens is 1. The van der Waals surface area contributed by atoms with Crippen LogP contribution in [0.3, 0.4) is 0 Å². The van der Waals surface area contributed by atoms with E-state index in [-0.39, 0.29) is 12.5 Å². The summed E-state index contributed by atoms with van der Waals surface area (Å²) >= 11 is 0. The topological polar surface area (TPSA) is 45.7 Å². The molecule has 3 heterocycles. The van der Waals surface area contributed by atoms with Crippen LogP contribution in [0.15, 0.2) is 24.4 Å². The highest BCUT2D eigenvalue weighted by Gasteiger charge is 2.44. The molecule has 2 aliphatic heterocycles. The van der Waals surface area contributed by atoms with Gasteiger partial charge in [-0.05, 0) is 31.9 Å². The number of pyridine rings is 1. The van der Waals surface area contributed by atoms with Gasteiger partial charge in [0.05, 0.1) is 5.69 Å². The molecule has 3 rings (SSSR count). The van der Waals surface area contributed by atoms with E-state index in [9.17, 15) is 4.79 Å². The van der Waals surface area contributed by atoms with E-state index in [0.717, 1.165) is 38.2 Å². The molecule has 0 N–H and O–H groups in total. The fourth-order valence-electron chi connectivity index (χ4n) is 3.55.